The number of methoxy groups -OCH3 is 2. The molecule has 0 aromatic heterocycles. The van der Waals surface area contributed by atoms with Crippen LogP contribution >= 0.6 is 0 Å². The van der Waals surface area contributed by atoms with Gasteiger partial charge in [-0.2, -0.15) is 0 Å². The van der Waals surface area contributed by atoms with Gasteiger partial charge in [0, 0.05) is 17.6 Å². The Balaban J connectivity index is 1.61. The van der Waals surface area contributed by atoms with Gasteiger partial charge in [-0.25, -0.2) is 0 Å². The number of benzene rings is 3. The van der Waals surface area contributed by atoms with Gasteiger partial charge in [-0.3, -0.25) is 4.79 Å². The fourth-order valence-corrected chi connectivity index (χ4v) is 3.35. The SMILES string of the molecule is COc1cc2c(cc1OC)C(=O)C(=Cc1cccc(Oc3ccccc3)c1)C2. The van der Waals surface area contributed by atoms with Gasteiger partial charge in [-0.05, 0) is 53.6 Å². The maximum absolute atomic E-state index is 12.8. The third-order valence-electron chi connectivity index (χ3n) is 4.70. The molecule has 1 aliphatic carbocycles. The first-order valence-electron chi connectivity index (χ1n) is 9.01. The molecule has 0 saturated heterocycles. The Labute approximate surface area is 164 Å². The van der Waals surface area contributed by atoms with E-state index in [4.69, 9.17) is 14.2 Å². The number of ketones is 1. The van der Waals surface area contributed by atoms with E-state index >= 15 is 0 Å². The van der Waals surface area contributed by atoms with Crippen molar-refractivity contribution in [2.24, 2.45) is 0 Å². The predicted octanol–water partition coefficient (Wildman–Crippen LogP) is 5.32. The van der Waals surface area contributed by atoms with Crippen LogP contribution in [0, 0.1) is 0 Å². The van der Waals surface area contributed by atoms with Crippen molar-refractivity contribution in [1.29, 1.82) is 0 Å². The van der Waals surface area contributed by atoms with Crippen LogP contribution in [0.4, 0.5) is 0 Å². The first-order chi connectivity index (χ1) is 13.7. The van der Waals surface area contributed by atoms with E-state index in [1.807, 2.05) is 66.7 Å². The standard InChI is InChI=1S/C24H20O4/c1-26-22-14-17-13-18(24(25)21(17)15-23(22)27-2)11-16-7-6-10-20(12-16)28-19-8-4-3-5-9-19/h3-12,14-15H,13H2,1-2H3. The molecule has 4 rings (SSSR count). The van der Waals surface area contributed by atoms with Crippen LogP contribution in [0.15, 0.2) is 72.3 Å². The molecular formula is C24H20O4. The molecule has 0 unspecified atom stereocenters. The first-order valence-corrected chi connectivity index (χ1v) is 9.01. The summed E-state index contributed by atoms with van der Waals surface area (Å²) in [7, 11) is 3.16. The highest BCUT2D eigenvalue weighted by atomic mass is 16.5. The zero-order chi connectivity index (χ0) is 19.5. The molecule has 0 amide bonds. The predicted molar refractivity (Wildman–Crippen MR) is 109 cm³/mol. The number of allylic oxidation sites excluding steroid dienone is 1. The van der Waals surface area contributed by atoms with Crippen molar-refractivity contribution < 1.29 is 19.0 Å². The van der Waals surface area contributed by atoms with Gasteiger partial charge in [0.25, 0.3) is 0 Å². The molecule has 0 fully saturated rings. The third kappa shape index (κ3) is 3.49. The van der Waals surface area contributed by atoms with Gasteiger partial charge >= 0.3 is 0 Å². The second-order valence-corrected chi connectivity index (χ2v) is 6.53. The van der Waals surface area contributed by atoms with Crippen molar-refractivity contribution in [3.63, 3.8) is 0 Å². The Bertz CT molecular complexity index is 1050. The molecule has 0 radical (unpaired) electrons. The lowest BCUT2D eigenvalue weighted by atomic mass is 10.1. The third-order valence-corrected chi connectivity index (χ3v) is 4.70. The Hall–Kier alpha value is -3.53. The molecule has 1 aliphatic rings. The Morgan fingerprint density at radius 2 is 1.54 bits per heavy atom. The lowest BCUT2D eigenvalue weighted by Crippen LogP contribution is -1.97. The molecule has 140 valence electrons. The average Bonchev–Trinajstić information content (AvgIpc) is 3.02. The van der Waals surface area contributed by atoms with Gasteiger partial charge in [0.05, 0.1) is 14.2 Å². The van der Waals surface area contributed by atoms with E-state index < -0.39 is 0 Å². The molecule has 3 aromatic carbocycles. The highest BCUT2D eigenvalue weighted by Crippen LogP contribution is 2.37. The molecule has 0 bridgehead atoms. The molecule has 0 aliphatic heterocycles. The van der Waals surface area contributed by atoms with E-state index in [2.05, 4.69) is 0 Å². The van der Waals surface area contributed by atoms with Gasteiger partial charge in [-0.1, -0.05) is 30.3 Å². The first kappa shape index (κ1) is 17.9. The van der Waals surface area contributed by atoms with Crippen LogP contribution < -0.4 is 14.2 Å². The minimum Gasteiger partial charge on any atom is -0.493 e. The normalized spacial score (nSPS) is 14.1. The molecule has 4 heteroatoms. The number of rotatable bonds is 5. The van der Waals surface area contributed by atoms with Crippen LogP contribution in [0.3, 0.4) is 0 Å². The number of para-hydroxylation sites is 1. The molecule has 0 atom stereocenters. The van der Waals surface area contributed by atoms with E-state index in [1.165, 1.54) is 0 Å². The summed E-state index contributed by atoms with van der Waals surface area (Å²) < 4.78 is 16.6. The topological polar surface area (TPSA) is 44.8 Å². The summed E-state index contributed by atoms with van der Waals surface area (Å²) in [6.45, 7) is 0. The molecule has 4 nitrogen and oxygen atoms in total. The zero-order valence-electron chi connectivity index (χ0n) is 15.8. The Morgan fingerprint density at radius 1 is 0.821 bits per heavy atom. The summed E-state index contributed by atoms with van der Waals surface area (Å²) in [6.07, 6.45) is 2.48. The summed E-state index contributed by atoms with van der Waals surface area (Å²) >= 11 is 0. The fourth-order valence-electron chi connectivity index (χ4n) is 3.35. The van der Waals surface area contributed by atoms with Crippen molar-refractivity contribution >= 4 is 11.9 Å². The Morgan fingerprint density at radius 3 is 2.29 bits per heavy atom. The summed E-state index contributed by atoms with van der Waals surface area (Å²) in [5.74, 6) is 2.72. The fraction of sp³-hybridized carbons (Fsp3) is 0.125. The van der Waals surface area contributed by atoms with E-state index in [9.17, 15) is 4.79 Å². The number of hydrogen-bond donors (Lipinski definition) is 0. The summed E-state index contributed by atoms with van der Waals surface area (Å²) in [4.78, 5) is 12.8. The van der Waals surface area contributed by atoms with E-state index in [0.29, 0.717) is 23.5 Å². The summed E-state index contributed by atoms with van der Waals surface area (Å²) in [5.41, 5.74) is 3.27. The molecule has 28 heavy (non-hydrogen) atoms. The van der Waals surface area contributed by atoms with Crippen molar-refractivity contribution in [3.8, 4) is 23.0 Å². The second kappa shape index (κ2) is 7.61. The number of carbonyl (C=O) groups excluding carboxylic acids is 1. The molecule has 3 aromatic rings. The van der Waals surface area contributed by atoms with Gasteiger partial charge in [0.15, 0.2) is 17.3 Å². The van der Waals surface area contributed by atoms with Gasteiger partial charge < -0.3 is 14.2 Å². The van der Waals surface area contributed by atoms with E-state index in [-0.39, 0.29) is 5.78 Å². The minimum absolute atomic E-state index is 0.0188. The van der Waals surface area contributed by atoms with Crippen molar-refractivity contribution in [2.75, 3.05) is 14.2 Å². The minimum atomic E-state index is 0.0188. The largest absolute Gasteiger partial charge is 0.493 e. The van der Waals surface area contributed by atoms with Crippen LogP contribution in [-0.4, -0.2) is 20.0 Å². The van der Waals surface area contributed by atoms with Gasteiger partial charge in [0.2, 0.25) is 0 Å². The average molecular weight is 372 g/mol. The van der Waals surface area contributed by atoms with Crippen molar-refractivity contribution in [2.45, 2.75) is 6.42 Å². The number of hydrogen-bond acceptors (Lipinski definition) is 4. The monoisotopic (exact) mass is 372 g/mol. The van der Waals surface area contributed by atoms with Crippen molar-refractivity contribution in [3.05, 3.63) is 89.0 Å². The highest BCUT2D eigenvalue weighted by molar-refractivity contribution is 6.15. The number of carbonyl (C=O) groups is 1. The lowest BCUT2D eigenvalue weighted by molar-refractivity contribution is 0.104. The van der Waals surface area contributed by atoms with Crippen LogP contribution in [-0.2, 0) is 6.42 Å². The number of ether oxygens (including phenoxy) is 3. The maximum Gasteiger partial charge on any atom is 0.189 e. The van der Waals surface area contributed by atoms with Gasteiger partial charge in [0.1, 0.15) is 11.5 Å². The molecule has 0 spiro atoms. The number of Topliss-reactive ketones (excluding diaryl/α,β-unsaturated/α-hetero) is 1. The zero-order valence-corrected chi connectivity index (χ0v) is 15.8. The highest BCUT2D eigenvalue weighted by Gasteiger charge is 2.27. The van der Waals surface area contributed by atoms with Crippen LogP contribution in [0.2, 0.25) is 0 Å². The van der Waals surface area contributed by atoms with Crippen LogP contribution in [0.25, 0.3) is 6.08 Å². The smallest absolute Gasteiger partial charge is 0.189 e. The molecule has 0 N–H and O–H groups in total. The molecule has 0 heterocycles. The molecule has 0 saturated carbocycles. The van der Waals surface area contributed by atoms with Crippen LogP contribution in [0.1, 0.15) is 21.5 Å². The summed E-state index contributed by atoms with van der Waals surface area (Å²) in [6, 6.07) is 21.0. The summed E-state index contributed by atoms with van der Waals surface area (Å²) in [5, 5.41) is 0. The quantitative estimate of drug-likeness (QED) is 0.569. The van der Waals surface area contributed by atoms with Crippen molar-refractivity contribution in [1.82, 2.24) is 0 Å². The Kier molecular flexibility index (Phi) is 4.85. The maximum atomic E-state index is 12.8. The lowest BCUT2D eigenvalue weighted by Gasteiger charge is -2.08. The van der Waals surface area contributed by atoms with E-state index in [1.54, 1.807) is 20.3 Å². The molecular weight excluding hydrogens is 352 g/mol. The van der Waals surface area contributed by atoms with Crippen LogP contribution in [0.5, 0.6) is 23.0 Å². The second-order valence-electron chi connectivity index (χ2n) is 6.53. The number of fused-ring (bicyclic) bond motifs is 1. The van der Waals surface area contributed by atoms with E-state index in [0.717, 1.165) is 28.2 Å². The van der Waals surface area contributed by atoms with Gasteiger partial charge in [-0.15, -0.1) is 0 Å².